The fourth-order valence-electron chi connectivity index (χ4n) is 0.328. The van der Waals surface area contributed by atoms with E-state index in [1.54, 1.807) is 18.4 Å². The van der Waals surface area contributed by atoms with Crippen molar-refractivity contribution in [3.63, 3.8) is 0 Å². The lowest BCUT2D eigenvalue weighted by Crippen LogP contribution is -2.19. The zero-order valence-electron chi connectivity index (χ0n) is 5.46. The number of aliphatic imine (C=N–C) groups is 1. The second-order valence-corrected chi connectivity index (χ2v) is 1.33. The lowest BCUT2D eigenvalue weighted by Gasteiger charge is -1.94. The van der Waals surface area contributed by atoms with Crippen molar-refractivity contribution in [2.45, 2.75) is 6.92 Å². The van der Waals surface area contributed by atoms with Crippen molar-refractivity contribution < 1.29 is 0 Å². The minimum absolute atomic E-state index is 0.634. The van der Waals surface area contributed by atoms with Gasteiger partial charge in [-0.2, -0.15) is 0 Å². The van der Waals surface area contributed by atoms with E-state index in [1.807, 2.05) is 6.92 Å². The molecule has 0 saturated heterocycles. The van der Waals surface area contributed by atoms with Crippen LogP contribution < -0.4 is 11.3 Å². The van der Waals surface area contributed by atoms with E-state index in [4.69, 9.17) is 5.84 Å². The van der Waals surface area contributed by atoms with E-state index in [1.165, 1.54) is 0 Å². The Morgan fingerprint density at radius 3 is 2.78 bits per heavy atom. The third-order valence-electron chi connectivity index (χ3n) is 0.740. The Labute approximate surface area is 54.9 Å². The Hall–Kier alpha value is -1.09. The molecule has 0 aromatic rings. The molecule has 0 aromatic heterocycles. The van der Waals surface area contributed by atoms with E-state index in [9.17, 15) is 0 Å². The first-order valence-corrected chi connectivity index (χ1v) is 2.63. The standard InChI is InChI=1S/C6H11N3/c1-3-5-8-6(4-2)9-7/h3-5,9H,1,7H2,2H3/b6-4+,8-5?. The summed E-state index contributed by atoms with van der Waals surface area (Å²) in [5, 5.41) is 0. The highest BCUT2D eigenvalue weighted by Crippen LogP contribution is 1.84. The molecule has 0 aliphatic heterocycles. The summed E-state index contributed by atoms with van der Waals surface area (Å²) in [6.45, 7) is 5.30. The van der Waals surface area contributed by atoms with Crippen LogP contribution in [0.2, 0.25) is 0 Å². The summed E-state index contributed by atoms with van der Waals surface area (Å²) in [5.74, 6) is 5.69. The largest absolute Gasteiger partial charge is 0.309 e. The van der Waals surface area contributed by atoms with Gasteiger partial charge >= 0.3 is 0 Å². The molecular weight excluding hydrogens is 114 g/mol. The number of nitrogens with zero attached hydrogens (tertiary/aromatic N) is 1. The molecule has 0 spiro atoms. The second kappa shape index (κ2) is 5.05. The summed E-state index contributed by atoms with van der Waals surface area (Å²) < 4.78 is 0. The molecular formula is C6H11N3. The van der Waals surface area contributed by atoms with Gasteiger partial charge in [0.2, 0.25) is 0 Å². The number of nitrogens with two attached hydrogens (primary N) is 1. The molecule has 0 bridgehead atoms. The van der Waals surface area contributed by atoms with Gasteiger partial charge in [-0.25, -0.2) is 10.8 Å². The van der Waals surface area contributed by atoms with Gasteiger partial charge < -0.3 is 5.43 Å². The van der Waals surface area contributed by atoms with Gasteiger partial charge in [-0.05, 0) is 13.0 Å². The maximum absolute atomic E-state index is 5.06. The number of hydrogen-bond donors (Lipinski definition) is 2. The highest BCUT2D eigenvalue weighted by atomic mass is 15.3. The van der Waals surface area contributed by atoms with Gasteiger partial charge in [0.25, 0.3) is 0 Å². The van der Waals surface area contributed by atoms with Gasteiger partial charge in [-0.3, -0.25) is 0 Å². The van der Waals surface area contributed by atoms with E-state index in [2.05, 4.69) is 17.0 Å². The third kappa shape index (κ3) is 3.49. The van der Waals surface area contributed by atoms with E-state index in [0.717, 1.165) is 0 Å². The Kier molecular flexibility index (Phi) is 4.44. The van der Waals surface area contributed by atoms with Crippen molar-refractivity contribution in [2.75, 3.05) is 0 Å². The molecule has 0 aromatic carbocycles. The zero-order chi connectivity index (χ0) is 7.11. The molecule has 3 N–H and O–H groups in total. The molecule has 9 heavy (non-hydrogen) atoms. The Morgan fingerprint density at radius 1 is 1.78 bits per heavy atom. The van der Waals surface area contributed by atoms with Crippen LogP contribution >= 0.6 is 0 Å². The minimum atomic E-state index is 0.634. The number of hydrazine groups is 1. The molecule has 0 saturated carbocycles. The van der Waals surface area contributed by atoms with Crippen LogP contribution in [0.3, 0.4) is 0 Å². The normalized spacial score (nSPS) is 12.0. The Balaban J connectivity index is 3.84. The summed E-state index contributed by atoms with van der Waals surface area (Å²) in [6, 6.07) is 0. The molecule has 0 amide bonds. The molecule has 50 valence electrons. The maximum Gasteiger partial charge on any atom is 0.135 e. The van der Waals surface area contributed by atoms with Gasteiger partial charge in [-0.15, -0.1) is 0 Å². The molecule has 0 aliphatic rings. The van der Waals surface area contributed by atoms with Gasteiger partial charge in [0.15, 0.2) is 0 Å². The van der Waals surface area contributed by atoms with Gasteiger partial charge in [0, 0.05) is 6.21 Å². The van der Waals surface area contributed by atoms with Crippen LogP contribution in [0, 0.1) is 0 Å². The quantitative estimate of drug-likeness (QED) is 0.329. The highest BCUT2D eigenvalue weighted by Gasteiger charge is 1.79. The Bertz CT molecular complexity index is 135. The number of hydrogen-bond acceptors (Lipinski definition) is 3. The van der Waals surface area contributed by atoms with E-state index >= 15 is 0 Å². The number of nitrogens with one attached hydrogen (secondary N) is 1. The van der Waals surface area contributed by atoms with Crippen LogP contribution in [0.5, 0.6) is 0 Å². The molecule has 0 atom stereocenters. The summed E-state index contributed by atoms with van der Waals surface area (Å²) in [5.41, 5.74) is 2.40. The molecule has 3 nitrogen and oxygen atoms in total. The van der Waals surface area contributed by atoms with Crippen molar-refractivity contribution in [1.82, 2.24) is 5.43 Å². The lowest BCUT2D eigenvalue weighted by molar-refractivity contribution is 0.868. The van der Waals surface area contributed by atoms with Crippen LogP contribution in [0.1, 0.15) is 6.92 Å². The predicted molar refractivity (Wildman–Crippen MR) is 39.8 cm³/mol. The number of allylic oxidation sites excluding steroid dienone is 2. The van der Waals surface area contributed by atoms with Gasteiger partial charge in [0.05, 0.1) is 0 Å². The smallest absolute Gasteiger partial charge is 0.135 e. The average Bonchev–Trinajstić information content (AvgIpc) is 1.91. The topological polar surface area (TPSA) is 50.4 Å². The number of rotatable bonds is 3. The van der Waals surface area contributed by atoms with Crippen LogP contribution in [0.4, 0.5) is 0 Å². The molecule has 0 heterocycles. The fraction of sp³-hybridized carbons (Fsp3) is 0.167. The summed E-state index contributed by atoms with van der Waals surface area (Å²) in [6.07, 6.45) is 4.91. The maximum atomic E-state index is 5.06. The van der Waals surface area contributed by atoms with E-state index < -0.39 is 0 Å². The highest BCUT2D eigenvalue weighted by molar-refractivity contribution is 5.71. The molecule has 3 heteroatoms. The summed E-state index contributed by atoms with van der Waals surface area (Å²) in [4.78, 5) is 3.86. The molecule has 0 rings (SSSR count). The van der Waals surface area contributed by atoms with Crippen molar-refractivity contribution in [3.05, 3.63) is 24.6 Å². The first kappa shape index (κ1) is 7.91. The van der Waals surface area contributed by atoms with E-state index in [-0.39, 0.29) is 0 Å². The van der Waals surface area contributed by atoms with Crippen molar-refractivity contribution >= 4 is 6.21 Å². The first-order valence-electron chi connectivity index (χ1n) is 2.63. The third-order valence-corrected chi connectivity index (χ3v) is 0.740. The van der Waals surface area contributed by atoms with Crippen LogP contribution in [-0.4, -0.2) is 6.21 Å². The average molecular weight is 125 g/mol. The first-order chi connectivity index (χ1) is 4.35. The summed E-state index contributed by atoms with van der Waals surface area (Å²) >= 11 is 0. The Morgan fingerprint density at radius 2 is 2.44 bits per heavy atom. The van der Waals surface area contributed by atoms with Crippen molar-refractivity contribution in [2.24, 2.45) is 10.8 Å². The van der Waals surface area contributed by atoms with E-state index in [0.29, 0.717) is 5.82 Å². The molecule has 0 radical (unpaired) electrons. The van der Waals surface area contributed by atoms with Gasteiger partial charge in [-0.1, -0.05) is 12.7 Å². The molecule has 0 fully saturated rings. The summed E-state index contributed by atoms with van der Waals surface area (Å²) in [7, 11) is 0. The SMILES string of the molecule is C=CC=N/C(=C\C)NN. The van der Waals surface area contributed by atoms with Crippen LogP contribution in [-0.2, 0) is 0 Å². The molecule has 0 aliphatic carbocycles. The monoisotopic (exact) mass is 125 g/mol. The molecule has 0 unspecified atom stereocenters. The van der Waals surface area contributed by atoms with Crippen LogP contribution in [0.15, 0.2) is 29.5 Å². The minimum Gasteiger partial charge on any atom is -0.309 e. The fourth-order valence-corrected chi connectivity index (χ4v) is 0.328. The predicted octanol–water partition coefficient (Wildman–Crippen LogP) is 0.568. The van der Waals surface area contributed by atoms with Crippen molar-refractivity contribution in [1.29, 1.82) is 0 Å². The van der Waals surface area contributed by atoms with Gasteiger partial charge in [0.1, 0.15) is 5.82 Å². The lowest BCUT2D eigenvalue weighted by atomic mass is 10.6. The van der Waals surface area contributed by atoms with Crippen molar-refractivity contribution in [3.8, 4) is 0 Å². The van der Waals surface area contributed by atoms with Crippen LogP contribution in [0.25, 0.3) is 0 Å². The zero-order valence-corrected chi connectivity index (χ0v) is 5.46. The second-order valence-electron chi connectivity index (χ2n) is 1.33.